The Kier molecular flexibility index (Phi) is 5.71. The number of carbonyl (C=O) groups is 1. The Bertz CT molecular complexity index is 804. The molecule has 130 valence electrons. The van der Waals surface area contributed by atoms with Gasteiger partial charge in [-0.25, -0.2) is 0 Å². The molecule has 1 aromatic heterocycles. The van der Waals surface area contributed by atoms with Crippen molar-refractivity contribution in [3.8, 4) is 0 Å². The van der Waals surface area contributed by atoms with Gasteiger partial charge >= 0.3 is 0 Å². The van der Waals surface area contributed by atoms with E-state index in [1.54, 1.807) is 6.07 Å². The van der Waals surface area contributed by atoms with Crippen LogP contribution in [0.5, 0.6) is 0 Å². The summed E-state index contributed by atoms with van der Waals surface area (Å²) >= 11 is 5.96. The molecule has 2 N–H and O–H groups in total. The highest BCUT2D eigenvalue weighted by atomic mass is 35.5. The molecule has 1 heterocycles. The molecule has 0 saturated carbocycles. The van der Waals surface area contributed by atoms with E-state index in [4.69, 9.17) is 11.6 Å². The minimum atomic E-state index is -0.180. The number of amides is 1. The number of benzene rings is 1. The van der Waals surface area contributed by atoms with Crippen molar-refractivity contribution in [2.45, 2.75) is 32.1 Å². The van der Waals surface area contributed by atoms with Crippen LogP contribution in [0.15, 0.2) is 53.5 Å². The van der Waals surface area contributed by atoms with Crippen LogP contribution in [0, 0.1) is 5.92 Å². The molecule has 25 heavy (non-hydrogen) atoms. The van der Waals surface area contributed by atoms with Gasteiger partial charge in [-0.15, -0.1) is 0 Å². The Hall–Kier alpha value is -2.33. The highest BCUT2D eigenvalue weighted by Crippen LogP contribution is 2.32. The number of H-pyrrole nitrogens is 1. The second-order valence-corrected chi connectivity index (χ2v) is 6.82. The average molecular weight is 357 g/mol. The lowest BCUT2D eigenvalue weighted by atomic mass is 9.85. The number of hydrogen-bond donors (Lipinski definition) is 2. The Balaban J connectivity index is 1.56. The van der Waals surface area contributed by atoms with Gasteiger partial charge < -0.3 is 10.3 Å². The van der Waals surface area contributed by atoms with Crippen LogP contribution in [0.1, 0.15) is 37.7 Å². The first-order valence-electron chi connectivity index (χ1n) is 8.55. The number of rotatable bonds is 5. The summed E-state index contributed by atoms with van der Waals surface area (Å²) in [5, 5.41) is 3.56. The molecule has 1 aliphatic carbocycles. The second kappa shape index (κ2) is 8.17. The first kappa shape index (κ1) is 17.5. The van der Waals surface area contributed by atoms with E-state index in [-0.39, 0.29) is 11.5 Å². The van der Waals surface area contributed by atoms with Gasteiger partial charge in [-0.2, -0.15) is 0 Å². The summed E-state index contributed by atoms with van der Waals surface area (Å²) in [4.78, 5) is 25.7. The fraction of sp³-hybridized carbons (Fsp3) is 0.300. The SMILES string of the molecule is O=C(CCC1C=C(c2ccc(Cl)cc2)CCC1)Nc1ccc(=O)[nH]c1. The van der Waals surface area contributed by atoms with Gasteiger partial charge in [0.25, 0.3) is 0 Å². The summed E-state index contributed by atoms with van der Waals surface area (Å²) in [5.41, 5.74) is 2.99. The molecule has 1 aliphatic rings. The molecular formula is C20H21ClN2O2. The number of aromatic amines is 1. The number of pyridine rings is 1. The van der Waals surface area contributed by atoms with E-state index in [1.165, 1.54) is 23.4 Å². The van der Waals surface area contributed by atoms with E-state index in [2.05, 4.69) is 28.5 Å². The number of allylic oxidation sites excluding steroid dienone is 2. The van der Waals surface area contributed by atoms with Gasteiger partial charge in [0.2, 0.25) is 11.5 Å². The molecule has 4 nitrogen and oxygen atoms in total. The topological polar surface area (TPSA) is 62.0 Å². The Morgan fingerprint density at radius 1 is 1.20 bits per heavy atom. The molecule has 0 bridgehead atoms. The van der Waals surface area contributed by atoms with Crippen LogP contribution in [0.25, 0.3) is 5.57 Å². The standard InChI is InChI=1S/C20H21ClN2O2/c21-17-7-5-15(6-8-17)16-3-1-2-14(12-16)4-10-20(25)23-18-9-11-19(24)22-13-18/h5-9,11-14H,1-4,10H2,(H,22,24)(H,23,25). The van der Waals surface area contributed by atoms with Crippen molar-refractivity contribution >= 4 is 28.8 Å². The molecule has 3 rings (SSSR count). The van der Waals surface area contributed by atoms with Crippen molar-refractivity contribution in [3.63, 3.8) is 0 Å². The molecular weight excluding hydrogens is 336 g/mol. The molecule has 0 aliphatic heterocycles. The molecule has 0 spiro atoms. The lowest BCUT2D eigenvalue weighted by molar-refractivity contribution is -0.116. The molecule has 2 aromatic rings. The molecule has 1 aromatic carbocycles. The van der Waals surface area contributed by atoms with Gasteiger partial charge in [-0.3, -0.25) is 9.59 Å². The van der Waals surface area contributed by atoms with Gasteiger partial charge in [0, 0.05) is 23.7 Å². The summed E-state index contributed by atoms with van der Waals surface area (Å²) in [7, 11) is 0. The maximum atomic E-state index is 12.1. The van der Waals surface area contributed by atoms with Gasteiger partial charge in [-0.1, -0.05) is 29.8 Å². The molecule has 5 heteroatoms. The van der Waals surface area contributed by atoms with E-state index in [1.807, 2.05) is 12.1 Å². The highest BCUT2D eigenvalue weighted by Gasteiger charge is 2.16. The third-order valence-electron chi connectivity index (χ3n) is 4.48. The van der Waals surface area contributed by atoms with Crippen LogP contribution in [0.2, 0.25) is 5.02 Å². The average Bonchev–Trinajstić information content (AvgIpc) is 2.63. The normalized spacial score (nSPS) is 17.0. The van der Waals surface area contributed by atoms with Crippen LogP contribution in [0.4, 0.5) is 5.69 Å². The predicted octanol–water partition coefficient (Wildman–Crippen LogP) is 4.63. The van der Waals surface area contributed by atoms with Gasteiger partial charge in [0.1, 0.15) is 0 Å². The summed E-state index contributed by atoms with van der Waals surface area (Å²) in [6.07, 6.45) is 8.44. The van der Waals surface area contributed by atoms with Crippen molar-refractivity contribution in [2.75, 3.05) is 5.32 Å². The van der Waals surface area contributed by atoms with Gasteiger partial charge in [0.15, 0.2) is 0 Å². The lowest BCUT2D eigenvalue weighted by Crippen LogP contribution is -2.15. The van der Waals surface area contributed by atoms with Crippen molar-refractivity contribution in [1.29, 1.82) is 0 Å². The summed E-state index contributed by atoms with van der Waals surface area (Å²) in [5.74, 6) is 0.389. The van der Waals surface area contributed by atoms with Crippen molar-refractivity contribution in [1.82, 2.24) is 4.98 Å². The molecule has 1 unspecified atom stereocenters. The Labute approximate surface area is 151 Å². The molecule has 1 atom stereocenters. The number of carbonyl (C=O) groups excluding carboxylic acids is 1. The summed E-state index contributed by atoms with van der Waals surface area (Å²) < 4.78 is 0. The van der Waals surface area contributed by atoms with Crippen molar-refractivity contribution in [2.24, 2.45) is 5.92 Å². The van der Waals surface area contributed by atoms with E-state index >= 15 is 0 Å². The van der Waals surface area contributed by atoms with Crippen LogP contribution in [-0.2, 0) is 4.79 Å². The maximum Gasteiger partial charge on any atom is 0.248 e. The van der Waals surface area contributed by atoms with Crippen molar-refractivity contribution < 1.29 is 4.79 Å². The van der Waals surface area contributed by atoms with Crippen LogP contribution >= 0.6 is 11.6 Å². The largest absolute Gasteiger partial charge is 0.327 e. The maximum absolute atomic E-state index is 12.1. The van der Waals surface area contributed by atoms with Crippen molar-refractivity contribution in [3.05, 3.63) is 69.6 Å². The van der Waals surface area contributed by atoms with Crippen LogP contribution in [-0.4, -0.2) is 10.9 Å². The minimum Gasteiger partial charge on any atom is -0.327 e. The number of anilines is 1. The smallest absolute Gasteiger partial charge is 0.248 e. The van der Waals surface area contributed by atoms with Crippen LogP contribution < -0.4 is 10.9 Å². The zero-order valence-electron chi connectivity index (χ0n) is 13.9. The number of aromatic nitrogens is 1. The second-order valence-electron chi connectivity index (χ2n) is 6.38. The highest BCUT2D eigenvalue weighted by molar-refractivity contribution is 6.30. The fourth-order valence-corrected chi connectivity index (χ4v) is 3.29. The van der Waals surface area contributed by atoms with E-state index in [0.29, 0.717) is 18.0 Å². The number of halogens is 1. The molecule has 0 fully saturated rings. The molecule has 1 amide bonds. The zero-order chi connectivity index (χ0) is 17.6. The minimum absolute atomic E-state index is 0.0286. The van der Waals surface area contributed by atoms with Gasteiger partial charge in [0.05, 0.1) is 5.69 Å². The summed E-state index contributed by atoms with van der Waals surface area (Å²) in [6, 6.07) is 10.9. The number of hydrogen-bond acceptors (Lipinski definition) is 2. The first-order chi connectivity index (χ1) is 12.1. The third-order valence-corrected chi connectivity index (χ3v) is 4.74. The summed E-state index contributed by atoms with van der Waals surface area (Å²) in [6.45, 7) is 0. The fourth-order valence-electron chi connectivity index (χ4n) is 3.17. The first-order valence-corrected chi connectivity index (χ1v) is 8.93. The molecule has 0 radical (unpaired) electrons. The Morgan fingerprint density at radius 3 is 2.72 bits per heavy atom. The van der Waals surface area contributed by atoms with Gasteiger partial charge in [-0.05, 0) is 60.9 Å². The van der Waals surface area contributed by atoms with E-state index in [0.717, 1.165) is 30.7 Å². The van der Waals surface area contributed by atoms with Crippen LogP contribution in [0.3, 0.4) is 0 Å². The third kappa shape index (κ3) is 5.07. The zero-order valence-corrected chi connectivity index (χ0v) is 14.7. The van der Waals surface area contributed by atoms with E-state index in [9.17, 15) is 9.59 Å². The number of nitrogens with one attached hydrogen (secondary N) is 2. The lowest BCUT2D eigenvalue weighted by Gasteiger charge is -2.21. The predicted molar refractivity (Wildman–Crippen MR) is 102 cm³/mol. The monoisotopic (exact) mass is 356 g/mol. The van der Waals surface area contributed by atoms with E-state index < -0.39 is 0 Å². The Morgan fingerprint density at radius 2 is 2.00 bits per heavy atom. The molecule has 0 saturated heterocycles. The quantitative estimate of drug-likeness (QED) is 0.820.